The molecule has 306 valence electrons. The smallest absolute Gasteiger partial charge is 0.141 e. The zero-order valence-corrected chi connectivity index (χ0v) is 40.8. The normalized spacial score (nSPS) is 11.6. The molecule has 67 heavy (non-hydrogen) atoms. The molecule has 0 aliphatic rings. The molecule has 0 fully saturated rings. The molecule has 0 saturated heterocycles. The van der Waals surface area contributed by atoms with E-state index in [2.05, 4.69) is 247 Å². The number of hydrogen-bond donors (Lipinski definition) is 0. The van der Waals surface area contributed by atoms with Crippen molar-refractivity contribution in [2.24, 2.45) is 0 Å². The number of benzene rings is 9. The molecular formula is C54H47B11N2. The number of para-hydroxylation sites is 1. The van der Waals surface area contributed by atoms with Crippen molar-refractivity contribution in [3.8, 4) is 55.9 Å². The first-order valence-electron chi connectivity index (χ1n) is 23.9. The van der Waals surface area contributed by atoms with Crippen LogP contribution >= 0.6 is 0 Å². The Hall–Kier alpha value is -6.71. The predicted molar refractivity (Wildman–Crippen MR) is 327 cm³/mol. The molecule has 0 amide bonds. The van der Waals surface area contributed by atoms with Gasteiger partial charge in [-0.05, 0) is 87.0 Å². The topological polar surface area (TPSA) is 9.86 Å². The second kappa shape index (κ2) is 16.3. The minimum atomic E-state index is 1.17. The summed E-state index contributed by atoms with van der Waals surface area (Å²) in [5.74, 6) is 0. The highest BCUT2D eigenvalue weighted by Crippen LogP contribution is 2.39. The highest BCUT2D eigenvalue weighted by atomic mass is 15.0. The van der Waals surface area contributed by atoms with Crippen LogP contribution < -0.4 is 60.1 Å². The van der Waals surface area contributed by atoms with Crippen LogP contribution in [0.2, 0.25) is 0 Å². The first-order valence-corrected chi connectivity index (χ1v) is 23.9. The summed E-state index contributed by atoms with van der Waals surface area (Å²) in [5, 5.41) is 5.21. The highest BCUT2D eigenvalue weighted by Gasteiger charge is 2.27. The fourth-order valence-corrected chi connectivity index (χ4v) is 11.7. The summed E-state index contributed by atoms with van der Waals surface area (Å²) >= 11 is 0. The second-order valence-corrected chi connectivity index (χ2v) is 19.2. The molecule has 2 nitrogen and oxygen atoms in total. The summed E-state index contributed by atoms with van der Waals surface area (Å²) in [6.45, 7) is 0. The number of hydrogen-bond acceptors (Lipinski definition) is 0. The minimum absolute atomic E-state index is 1.17. The molecule has 11 aromatic rings. The predicted octanol–water partition coefficient (Wildman–Crippen LogP) is -4.61. The molecule has 9 aromatic carbocycles. The number of rotatable bonds is 6. The van der Waals surface area contributed by atoms with Gasteiger partial charge in [0.25, 0.3) is 0 Å². The van der Waals surface area contributed by atoms with Gasteiger partial charge in [0.15, 0.2) is 0 Å². The second-order valence-electron chi connectivity index (χ2n) is 19.2. The van der Waals surface area contributed by atoms with Crippen molar-refractivity contribution in [3.63, 3.8) is 0 Å². The van der Waals surface area contributed by atoms with Gasteiger partial charge in [-0.15, -0.1) is 16.4 Å². The van der Waals surface area contributed by atoms with Crippen molar-refractivity contribution in [2.45, 2.75) is 0 Å². The van der Waals surface area contributed by atoms with Crippen LogP contribution in [0, 0.1) is 0 Å². The van der Waals surface area contributed by atoms with Crippen LogP contribution in [0.5, 0.6) is 0 Å². The molecule has 2 heterocycles. The van der Waals surface area contributed by atoms with Crippen molar-refractivity contribution in [3.05, 3.63) is 152 Å². The summed E-state index contributed by atoms with van der Waals surface area (Å²) in [5.41, 5.74) is 32.4. The maximum absolute atomic E-state index is 2.57. The molecule has 0 saturated carbocycles. The van der Waals surface area contributed by atoms with Gasteiger partial charge < -0.3 is 9.13 Å². The Bertz CT molecular complexity index is 3850. The SMILES string of the molecule is Bc1c(B)c(B)c(-c2c(B)c(B)c(B)c3c2c2cc(-c4c(B)c(B)c5c(c4B)c4ccccc4n5-c4cccc(-c5ccccc5)c4)ccc2n3-c2cccc(-c3ccccc3)c2)c(B)c1B. The third-order valence-electron chi connectivity index (χ3n) is 16.0. The maximum atomic E-state index is 2.57. The van der Waals surface area contributed by atoms with Gasteiger partial charge in [-0.3, -0.25) is 0 Å². The molecule has 13 heteroatoms. The lowest BCUT2D eigenvalue weighted by Crippen LogP contribution is -2.56. The average Bonchev–Trinajstić information content (AvgIpc) is 3.89. The van der Waals surface area contributed by atoms with E-state index < -0.39 is 0 Å². The summed E-state index contributed by atoms with van der Waals surface area (Å²) in [7, 11) is 25.7. The van der Waals surface area contributed by atoms with E-state index in [4.69, 9.17) is 0 Å². The Labute approximate surface area is 404 Å². The Balaban J connectivity index is 1.24. The van der Waals surface area contributed by atoms with Gasteiger partial charge in [-0.25, -0.2) is 0 Å². The van der Waals surface area contributed by atoms with E-state index in [1.54, 1.807) is 0 Å². The molecule has 0 radical (unpaired) electrons. The van der Waals surface area contributed by atoms with E-state index in [1.165, 1.54) is 160 Å². The summed E-state index contributed by atoms with van der Waals surface area (Å²) in [4.78, 5) is 0. The van der Waals surface area contributed by atoms with Crippen LogP contribution in [0.3, 0.4) is 0 Å². The molecule has 2 aromatic heterocycles. The summed E-state index contributed by atoms with van der Waals surface area (Å²) in [6, 6.07) is 56.0. The third-order valence-corrected chi connectivity index (χ3v) is 16.0. The van der Waals surface area contributed by atoms with Gasteiger partial charge >= 0.3 is 0 Å². The molecule has 0 N–H and O–H groups in total. The van der Waals surface area contributed by atoms with Crippen LogP contribution in [-0.2, 0) is 0 Å². The van der Waals surface area contributed by atoms with Gasteiger partial charge in [0, 0.05) is 44.0 Å². The fourth-order valence-electron chi connectivity index (χ4n) is 11.7. The summed E-state index contributed by atoms with van der Waals surface area (Å²) in [6.07, 6.45) is 0. The number of fused-ring (bicyclic) bond motifs is 6. The van der Waals surface area contributed by atoms with Crippen molar-refractivity contribution >= 4 is 190 Å². The van der Waals surface area contributed by atoms with Crippen LogP contribution in [0.25, 0.3) is 99.5 Å². The standard InChI is InChI=1S/C54H47B11N2/c55-42-37(43(56)51(64)54-39(42)33-19-7-8-20-35(33)66(54)31-17-9-15-28(23-31)26-11-3-1-4-12-26)30-21-22-36-34(25-30)38-40(41-45(58)47(60)50(63)48(61)46(41)59)44(57)49(62)52(65)53(38)67(36)32-18-10-16-29(24-32)27-13-5-2-6-14-27/h1-25H,55-65H2. The van der Waals surface area contributed by atoms with Crippen molar-refractivity contribution in [2.75, 3.05) is 0 Å². The molecule has 11 rings (SSSR count). The van der Waals surface area contributed by atoms with Crippen LogP contribution in [0.4, 0.5) is 0 Å². The maximum Gasteiger partial charge on any atom is 0.141 e. The van der Waals surface area contributed by atoms with E-state index >= 15 is 0 Å². The lowest BCUT2D eigenvalue weighted by atomic mass is 9.58. The van der Waals surface area contributed by atoms with E-state index in [-0.39, 0.29) is 0 Å². The Kier molecular flexibility index (Phi) is 10.4. The number of nitrogens with zero attached hydrogens (tertiary/aromatic N) is 2. The first-order chi connectivity index (χ1) is 32.4. The van der Waals surface area contributed by atoms with Gasteiger partial charge in [0.1, 0.15) is 86.3 Å². The summed E-state index contributed by atoms with van der Waals surface area (Å²) < 4.78 is 5.07. The van der Waals surface area contributed by atoms with Crippen molar-refractivity contribution in [1.29, 1.82) is 0 Å². The Morgan fingerprint density at radius 3 is 1.27 bits per heavy atom. The molecule has 0 unspecified atom stereocenters. The van der Waals surface area contributed by atoms with E-state index in [0.29, 0.717) is 0 Å². The van der Waals surface area contributed by atoms with Gasteiger partial charge in [-0.1, -0.05) is 153 Å². The van der Waals surface area contributed by atoms with Gasteiger partial charge in [0.2, 0.25) is 0 Å². The number of aromatic nitrogens is 2. The molecule has 0 aliphatic heterocycles. The molecule has 0 spiro atoms. The average molecular weight is 843 g/mol. The monoisotopic (exact) mass is 844 g/mol. The quantitative estimate of drug-likeness (QED) is 0.150. The van der Waals surface area contributed by atoms with Crippen LogP contribution in [-0.4, -0.2) is 95.4 Å². The van der Waals surface area contributed by atoms with Crippen molar-refractivity contribution < 1.29 is 0 Å². The molecule has 0 aliphatic carbocycles. The fraction of sp³-hybridized carbons (Fsp3) is 0. The van der Waals surface area contributed by atoms with E-state index in [1.807, 2.05) is 0 Å². The largest absolute Gasteiger partial charge is 0.310 e. The zero-order valence-electron chi connectivity index (χ0n) is 40.8. The molecule has 0 bridgehead atoms. The zero-order chi connectivity index (χ0) is 46.6. The van der Waals surface area contributed by atoms with E-state index in [9.17, 15) is 0 Å². The van der Waals surface area contributed by atoms with Crippen LogP contribution in [0.1, 0.15) is 0 Å². The lowest BCUT2D eigenvalue weighted by Gasteiger charge is -2.25. The van der Waals surface area contributed by atoms with E-state index in [0.717, 1.165) is 0 Å². The third kappa shape index (κ3) is 6.48. The first kappa shape index (κ1) is 42.9. The Morgan fingerprint density at radius 2 is 0.687 bits per heavy atom. The minimum Gasteiger partial charge on any atom is -0.310 e. The molecule has 0 atom stereocenters. The highest BCUT2D eigenvalue weighted by molar-refractivity contribution is 6.70. The van der Waals surface area contributed by atoms with Crippen molar-refractivity contribution in [1.82, 2.24) is 9.13 Å². The van der Waals surface area contributed by atoms with Gasteiger partial charge in [0.05, 0.1) is 11.0 Å². The molecular weight excluding hydrogens is 796 g/mol. The van der Waals surface area contributed by atoms with Crippen LogP contribution in [0.15, 0.2) is 152 Å². The lowest BCUT2D eigenvalue weighted by molar-refractivity contribution is 1.19. The van der Waals surface area contributed by atoms with Gasteiger partial charge in [-0.2, -0.15) is 0 Å². The Morgan fingerprint density at radius 1 is 0.254 bits per heavy atom.